The molecule has 0 N–H and O–H groups in total. The minimum absolute atomic E-state index is 0.238. The molecule has 1 saturated heterocycles. The average Bonchev–Trinajstić information content (AvgIpc) is 2.95. The number of aromatic nitrogens is 1. The molecule has 1 aliphatic carbocycles. The smallest absolute Gasteiger partial charge is 0.226 e. The van der Waals surface area contributed by atoms with Gasteiger partial charge in [-0.05, 0) is 36.8 Å². The minimum atomic E-state index is 0.238. The molecule has 3 nitrogen and oxygen atoms in total. The van der Waals surface area contributed by atoms with E-state index in [1.165, 1.54) is 18.4 Å². The van der Waals surface area contributed by atoms with Crippen LogP contribution in [-0.4, -0.2) is 28.9 Å². The number of hydrogen-bond donors (Lipinski definition) is 0. The lowest BCUT2D eigenvalue weighted by atomic mass is 10.1. The van der Waals surface area contributed by atoms with Crippen molar-refractivity contribution in [1.82, 2.24) is 9.88 Å². The van der Waals surface area contributed by atoms with Crippen LogP contribution in [0.25, 0.3) is 0 Å². The number of pyridine rings is 1. The summed E-state index contributed by atoms with van der Waals surface area (Å²) in [5.74, 6) is 1.04. The van der Waals surface area contributed by atoms with E-state index in [1.807, 2.05) is 17.2 Å². The number of nitrogens with zero attached hydrogens (tertiary/aromatic N) is 2. The molecule has 2 fully saturated rings. The molecule has 1 aromatic rings. The fourth-order valence-electron chi connectivity index (χ4n) is 2.60. The van der Waals surface area contributed by atoms with Crippen molar-refractivity contribution in [3.05, 3.63) is 30.1 Å². The molecule has 0 spiro atoms. The lowest BCUT2D eigenvalue weighted by molar-refractivity contribution is -0.131. The molecule has 3 rings (SSSR count). The minimum Gasteiger partial charge on any atom is -0.342 e. The van der Waals surface area contributed by atoms with Crippen molar-refractivity contribution in [3.8, 4) is 0 Å². The van der Waals surface area contributed by atoms with E-state index in [2.05, 4.69) is 11.1 Å². The van der Waals surface area contributed by atoms with Crippen LogP contribution in [0.3, 0.4) is 0 Å². The van der Waals surface area contributed by atoms with Crippen LogP contribution in [0, 0.1) is 5.92 Å². The molecule has 1 aromatic heterocycles. The second kappa shape index (κ2) is 3.89. The van der Waals surface area contributed by atoms with E-state index >= 15 is 0 Å². The normalized spacial score (nSPS) is 28.1. The second-order valence-electron chi connectivity index (χ2n) is 4.77. The number of carbonyl (C=O) groups excluding carboxylic acids is 1. The van der Waals surface area contributed by atoms with Gasteiger partial charge in [0.15, 0.2) is 0 Å². The number of rotatable bonds is 2. The zero-order valence-electron chi connectivity index (χ0n) is 9.30. The van der Waals surface area contributed by atoms with Gasteiger partial charge < -0.3 is 4.90 Å². The predicted octanol–water partition coefficient (Wildman–Crippen LogP) is 1.81. The molecule has 3 heteroatoms. The fraction of sp³-hybridized carbons (Fsp3) is 0.538. The largest absolute Gasteiger partial charge is 0.342 e. The third-order valence-electron chi connectivity index (χ3n) is 3.64. The van der Waals surface area contributed by atoms with Crippen molar-refractivity contribution < 1.29 is 4.79 Å². The number of amides is 1. The van der Waals surface area contributed by atoms with Gasteiger partial charge in [0.25, 0.3) is 0 Å². The third-order valence-corrected chi connectivity index (χ3v) is 3.64. The third kappa shape index (κ3) is 1.70. The van der Waals surface area contributed by atoms with Crippen molar-refractivity contribution >= 4 is 5.91 Å². The summed E-state index contributed by atoms with van der Waals surface area (Å²) < 4.78 is 0. The van der Waals surface area contributed by atoms with Gasteiger partial charge in [-0.1, -0.05) is 6.07 Å². The maximum Gasteiger partial charge on any atom is 0.226 e. The molecular weight excluding hydrogens is 200 g/mol. The summed E-state index contributed by atoms with van der Waals surface area (Å²) in [7, 11) is 0. The molecule has 1 saturated carbocycles. The van der Waals surface area contributed by atoms with Crippen LogP contribution in [0.4, 0.5) is 0 Å². The number of likely N-dealkylation sites (tertiary alicyclic amines) is 1. The maximum atomic E-state index is 12.1. The van der Waals surface area contributed by atoms with Gasteiger partial charge in [0, 0.05) is 31.4 Å². The molecule has 0 aromatic carbocycles. The van der Waals surface area contributed by atoms with Crippen LogP contribution in [-0.2, 0) is 4.79 Å². The van der Waals surface area contributed by atoms with Crippen LogP contribution >= 0.6 is 0 Å². The maximum absolute atomic E-state index is 12.1. The van der Waals surface area contributed by atoms with E-state index in [9.17, 15) is 4.79 Å². The molecule has 2 unspecified atom stereocenters. The Hall–Kier alpha value is -1.38. The highest BCUT2D eigenvalue weighted by Gasteiger charge is 2.46. The first-order valence-corrected chi connectivity index (χ1v) is 6.05. The first-order chi connectivity index (χ1) is 7.86. The van der Waals surface area contributed by atoms with Crippen molar-refractivity contribution in [3.63, 3.8) is 0 Å². The summed E-state index contributed by atoms with van der Waals surface area (Å²) >= 11 is 0. The van der Waals surface area contributed by atoms with Crippen LogP contribution < -0.4 is 0 Å². The van der Waals surface area contributed by atoms with E-state index in [0.717, 1.165) is 19.5 Å². The Balaban J connectivity index is 1.65. The highest BCUT2D eigenvalue weighted by molar-refractivity contribution is 5.83. The molecule has 84 valence electrons. The Kier molecular flexibility index (Phi) is 2.39. The standard InChI is InChI=1S/C13H16N2O/c16-13(15-6-1-2-7-15)12-8-11(12)10-4-3-5-14-9-10/h3-5,9,11-12H,1-2,6-8H2. The molecule has 0 bridgehead atoms. The Morgan fingerprint density at radius 1 is 1.38 bits per heavy atom. The summed E-state index contributed by atoms with van der Waals surface area (Å²) in [4.78, 5) is 18.2. The summed E-state index contributed by atoms with van der Waals surface area (Å²) in [6.45, 7) is 1.93. The van der Waals surface area contributed by atoms with Crippen molar-refractivity contribution in [2.45, 2.75) is 25.2 Å². The quantitative estimate of drug-likeness (QED) is 0.755. The van der Waals surface area contributed by atoms with Crippen LogP contribution in [0.5, 0.6) is 0 Å². The summed E-state index contributed by atoms with van der Waals surface area (Å²) in [5, 5.41) is 0. The summed E-state index contributed by atoms with van der Waals surface area (Å²) in [5.41, 5.74) is 1.22. The van der Waals surface area contributed by atoms with Gasteiger partial charge in [-0.15, -0.1) is 0 Å². The Morgan fingerprint density at radius 2 is 2.19 bits per heavy atom. The monoisotopic (exact) mass is 216 g/mol. The van der Waals surface area contributed by atoms with Crippen LogP contribution in [0.1, 0.15) is 30.7 Å². The van der Waals surface area contributed by atoms with Crippen LogP contribution in [0.15, 0.2) is 24.5 Å². The molecule has 2 aliphatic rings. The molecule has 0 radical (unpaired) electrons. The topological polar surface area (TPSA) is 33.2 Å². The van der Waals surface area contributed by atoms with E-state index in [1.54, 1.807) is 6.20 Å². The first-order valence-electron chi connectivity index (χ1n) is 6.05. The zero-order valence-corrected chi connectivity index (χ0v) is 9.30. The van der Waals surface area contributed by atoms with Gasteiger partial charge in [-0.2, -0.15) is 0 Å². The SMILES string of the molecule is O=C(C1CC1c1cccnc1)N1CCCC1. The number of carbonyl (C=O) groups is 1. The van der Waals surface area contributed by atoms with Crippen molar-refractivity contribution in [2.75, 3.05) is 13.1 Å². The van der Waals surface area contributed by atoms with E-state index in [0.29, 0.717) is 11.8 Å². The van der Waals surface area contributed by atoms with Crippen molar-refractivity contribution in [1.29, 1.82) is 0 Å². The Morgan fingerprint density at radius 3 is 2.88 bits per heavy atom. The van der Waals surface area contributed by atoms with E-state index < -0.39 is 0 Å². The lowest BCUT2D eigenvalue weighted by Crippen LogP contribution is -2.29. The molecule has 16 heavy (non-hydrogen) atoms. The molecular formula is C13H16N2O. The molecule has 2 atom stereocenters. The molecule has 1 amide bonds. The van der Waals surface area contributed by atoms with Gasteiger partial charge in [0.2, 0.25) is 5.91 Å². The lowest BCUT2D eigenvalue weighted by Gasteiger charge is -2.14. The average molecular weight is 216 g/mol. The van der Waals surface area contributed by atoms with Gasteiger partial charge >= 0.3 is 0 Å². The van der Waals surface area contributed by atoms with Gasteiger partial charge in [-0.25, -0.2) is 0 Å². The van der Waals surface area contributed by atoms with Crippen molar-refractivity contribution in [2.24, 2.45) is 5.92 Å². The zero-order chi connectivity index (χ0) is 11.0. The summed E-state index contributed by atoms with van der Waals surface area (Å²) in [6.07, 6.45) is 7.04. The second-order valence-corrected chi connectivity index (χ2v) is 4.77. The predicted molar refractivity (Wildman–Crippen MR) is 60.9 cm³/mol. The fourth-order valence-corrected chi connectivity index (χ4v) is 2.60. The Bertz CT molecular complexity index is 384. The van der Waals surface area contributed by atoms with Gasteiger partial charge in [0.1, 0.15) is 0 Å². The number of hydrogen-bond acceptors (Lipinski definition) is 2. The van der Waals surface area contributed by atoms with Crippen LogP contribution in [0.2, 0.25) is 0 Å². The van der Waals surface area contributed by atoms with E-state index in [-0.39, 0.29) is 5.92 Å². The highest BCUT2D eigenvalue weighted by Crippen LogP contribution is 2.48. The first kappa shape index (κ1) is 9.82. The molecule has 2 heterocycles. The van der Waals surface area contributed by atoms with Gasteiger partial charge in [0.05, 0.1) is 0 Å². The van der Waals surface area contributed by atoms with E-state index in [4.69, 9.17) is 0 Å². The molecule has 1 aliphatic heterocycles. The summed E-state index contributed by atoms with van der Waals surface area (Å²) in [6, 6.07) is 4.03. The Labute approximate surface area is 95.5 Å². The van der Waals surface area contributed by atoms with Gasteiger partial charge in [-0.3, -0.25) is 9.78 Å². The highest BCUT2D eigenvalue weighted by atomic mass is 16.2.